The van der Waals surface area contributed by atoms with Crippen molar-refractivity contribution in [1.82, 2.24) is 10.2 Å². The fourth-order valence-electron chi connectivity index (χ4n) is 1.80. The maximum atomic E-state index is 5.38. The normalized spacial score (nSPS) is 26.8. The fourth-order valence-corrected chi connectivity index (χ4v) is 1.80. The van der Waals surface area contributed by atoms with Crippen molar-refractivity contribution in [3.63, 3.8) is 0 Å². The molecule has 0 aromatic heterocycles. The lowest BCUT2D eigenvalue weighted by Crippen LogP contribution is -2.44. The molecular formula is C9H18N2O2. The molecule has 0 bridgehead atoms. The Bertz CT molecular complexity index is 143. The summed E-state index contributed by atoms with van der Waals surface area (Å²) in [4.78, 5) is 2.46. The van der Waals surface area contributed by atoms with Crippen molar-refractivity contribution >= 4 is 0 Å². The zero-order chi connectivity index (χ0) is 8.93. The van der Waals surface area contributed by atoms with Crippen LogP contribution in [0.3, 0.4) is 0 Å². The molecule has 0 saturated carbocycles. The smallest absolute Gasteiger partial charge is 0.159 e. The van der Waals surface area contributed by atoms with Crippen LogP contribution in [0.15, 0.2) is 0 Å². The van der Waals surface area contributed by atoms with Crippen LogP contribution in [-0.2, 0) is 9.47 Å². The molecule has 0 aliphatic carbocycles. The van der Waals surface area contributed by atoms with E-state index in [4.69, 9.17) is 9.47 Å². The Labute approximate surface area is 79.2 Å². The zero-order valence-corrected chi connectivity index (χ0v) is 8.00. The van der Waals surface area contributed by atoms with Gasteiger partial charge in [0.15, 0.2) is 6.29 Å². The van der Waals surface area contributed by atoms with E-state index in [1.54, 1.807) is 0 Å². The first-order valence-electron chi connectivity index (χ1n) is 5.11. The van der Waals surface area contributed by atoms with Crippen LogP contribution in [0, 0.1) is 0 Å². The van der Waals surface area contributed by atoms with Crippen molar-refractivity contribution in [2.75, 3.05) is 45.9 Å². The largest absolute Gasteiger partial charge is 0.350 e. The molecule has 4 heteroatoms. The van der Waals surface area contributed by atoms with Gasteiger partial charge in [-0.25, -0.2) is 0 Å². The summed E-state index contributed by atoms with van der Waals surface area (Å²) < 4.78 is 10.8. The SMILES string of the molecule is C1CN(CCC2OCCO2)CCN1. The zero-order valence-electron chi connectivity index (χ0n) is 8.00. The predicted molar refractivity (Wildman–Crippen MR) is 49.6 cm³/mol. The van der Waals surface area contributed by atoms with Gasteiger partial charge in [-0.05, 0) is 0 Å². The van der Waals surface area contributed by atoms with Gasteiger partial charge in [0.25, 0.3) is 0 Å². The molecule has 2 aliphatic rings. The van der Waals surface area contributed by atoms with Crippen LogP contribution >= 0.6 is 0 Å². The van der Waals surface area contributed by atoms with E-state index in [1.165, 1.54) is 0 Å². The molecular weight excluding hydrogens is 168 g/mol. The van der Waals surface area contributed by atoms with Gasteiger partial charge in [0, 0.05) is 39.1 Å². The Kier molecular flexibility index (Phi) is 3.55. The van der Waals surface area contributed by atoms with Crippen molar-refractivity contribution in [2.24, 2.45) is 0 Å². The summed E-state index contributed by atoms with van der Waals surface area (Å²) in [7, 11) is 0. The summed E-state index contributed by atoms with van der Waals surface area (Å²) in [5.74, 6) is 0. The maximum Gasteiger partial charge on any atom is 0.159 e. The van der Waals surface area contributed by atoms with Crippen molar-refractivity contribution < 1.29 is 9.47 Å². The Balaban J connectivity index is 1.60. The minimum Gasteiger partial charge on any atom is -0.350 e. The molecule has 0 aromatic rings. The molecule has 2 saturated heterocycles. The second-order valence-corrected chi connectivity index (χ2v) is 3.55. The van der Waals surface area contributed by atoms with E-state index in [0.29, 0.717) is 0 Å². The molecule has 4 nitrogen and oxygen atoms in total. The Morgan fingerprint density at radius 1 is 1.15 bits per heavy atom. The highest BCUT2D eigenvalue weighted by molar-refractivity contribution is 4.68. The molecule has 2 fully saturated rings. The third-order valence-corrected chi connectivity index (χ3v) is 2.58. The molecule has 0 atom stereocenters. The molecule has 0 unspecified atom stereocenters. The van der Waals surface area contributed by atoms with Gasteiger partial charge in [0.2, 0.25) is 0 Å². The second kappa shape index (κ2) is 4.91. The number of hydrogen-bond acceptors (Lipinski definition) is 4. The van der Waals surface area contributed by atoms with E-state index < -0.39 is 0 Å². The molecule has 0 amide bonds. The van der Waals surface area contributed by atoms with Gasteiger partial charge in [0.1, 0.15) is 0 Å². The van der Waals surface area contributed by atoms with Gasteiger partial charge in [-0.3, -0.25) is 0 Å². The average molecular weight is 186 g/mol. The van der Waals surface area contributed by atoms with Gasteiger partial charge in [-0.15, -0.1) is 0 Å². The van der Waals surface area contributed by atoms with Crippen molar-refractivity contribution in [3.8, 4) is 0 Å². The van der Waals surface area contributed by atoms with E-state index >= 15 is 0 Å². The number of nitrogens with one attached hydrogen (secondary N) is 1. The van der Waals surface area contributed by atoms with Gasteiger partial charge in [-0.2, -0.15) is 0 Å². The van der Waals surface area contributed by atoms with Crippen LogP contribution in [0.2, 0.25) is 0 Å². The van der Waals surface area contributed by atoms with E-state index in [9.17, 15) is 0 Å². The molecule has 2 heterocycles. The highest BCUT2D eigenvalue weighted by atomic mass is 16.7. The fraction of sp³-hybridized carbons (Fsp3) is 1.00. The number of ether oxygens (including phenoxy) is 2. The molecule has 0 spiro atoms. The van der Waals surface area contributed by atoms with E-state index in [1.807, 2.05) is 0 Å². The van der Waals surface area contributed by atoms with Gasteiger partial charge in [-0.1, -0.05) is 0 Å². The van der Waals surface area contributed by atoms with Crippen molar-refractivity contribution in [1.29, 1.82) is 0 Å². The average Bonchev–Trinajstić information content (AvgIpc) is 2.69. The van der Waals surface area contributed by atoms with Crippen LogP contribution < -0.4 is 5.32 Å². The minimum absolute atomic E-state index is 0.0647. The Hall–Kier alpha value is -0.160. The lowest BCUT2D eigenvalue weighted by molar-refractivity contribution is -0.0519. The maximum absolute atomic E-state index is 5.38. The Morgan fingerprint density at radius 2 is 1.85 bits per heavy atom. The van der Waals surface area contributed by atoms with Gasteiger partial charge in [0.05, 0.1) is 13.2 Å². The molecule has 13 heavy (non-hydrogen) atoms. The van der Waals surface area contributed by atoms with Crippen molar-refractivity contribution in [3.05, 3.63) is 0 Å². The first kappa shape index (κ1) is 9.40. The van der Waals surface area contributed by atoms with E-state index in [-0.39, 0.29) is 6.29 Å². The summed E-state index contributed by atoms with van der Waals surface area (Å²) >= 11 is 0. The van der Waals surface area contributed by atoms with E-state index in [2.05, 4.69) is 10.2 Å². The van der Waals surface area contributed by atoms with Crippen LogP contribution in [0.1, 0.15) is 6.42 Å². The van der Waals surface area contributed by atoms with Gasteiger partial charge >= 0.3 is 0 Å². The van der Waals surface area contributed by atoms with E-state index in [0.717, 1.165) is 52.4 Å². The van der Waals surface area contributed by atoms with Gasteiger partial charge < -0.3 is 19.7 Å². The standard InChI is InChI=1S/C9H18N2O2/c1(9-12-7-8-13-9)4-11-5-2-10-3-6-11/h9-10H,1-8H2. The third-order valence-electron chi connectivity index (χ3n) is 2.58. The molecule has 0 aromatic carbocycles. The number of hydrogen-bond donors (Lipinski definition) is 1. The topological polar surface area (TPSA) is 33.7 Å². The summed E-state index contributed by atoms with van der Waals surface area (Å²) in [5, 5.41) is 3.34. The minimum atomic E-state index is 0.0647. The molecule has 1 N–H and O–H groups in total. The summed E-state index contributed by atoms with van der Waals surface area (Å²) in [6, 6.07) is 0. The summed E-state index contributed by atoms with van der Waals surface area (Å²) in [6.45, 7) is 7.20. The number of rotatable bonds is 3. The third kappa shape index (κ3) is 2.91. The molecule has 0 radical (unpaired) electrons. The predicted octanol–water partition coefficient (Wildman–Crippen LogP) is -0.345. The lowest BCUT2D eigenvalue weighted by Gasteiger charge is -2.27. The lowest BCUT2D eigenvalue weighted by atomic mass is 10.3. The van der Waals surface area contributed by atoms with Crippen LogP contribution in [0.4, 0.5) is 0 Å². The van der Waals surface area contributed by atoms with Crippen LogP contribution in [-0.4, -0.2) is 57.1 Å². The first-order chi connectivity index (χ1) is 6.45. The van der Waals surface area contributed by atoms with Crippen LogP contribution in [0.25, 0.3) is 0 Å². The monoisotopic (exact) mass is 186 g/mol. The molecule has 76 valence electrons. The summed E-state index contributed by atoms with van der Waals surface area (Å²) in [5.41, 5.74) is 0. The second-order valence-electron chi connectivity index (χ2n) is 3.55. The van der Waals surface area contributed by atoms with Crippen molar-refractivity contribution in [2.45, 2.75) is 12.7 Å². The quantitative estimate of drug-likeness (QED) is 0.653. The molecule has 2 rings (SSSR count). The van der Waals surface area contributed by atoms with Crippen LogP contribution in [0.5, 0.6) is 0 Å². The highest BCUT2D eigenvalue weighted by Crippen LogP contribution is 2.08. The summed E-state index contributed by atoms with van der Waals surface area (Å²) in [6.07, 6.45) is 1.08. The molecule has 2 aliphatic heterocycles. The first-order valence-corrected chi connectivity index (χ1v) is 5.11. The number of nitrogens with zero attached hydrogens (tertiary/aromatic N) is 1. The highest BCUT2D eigenvalue weighted by Gasteiger charge is 2.17. The Morgan fingerprint density at radius 3 is 2.54 bits per heavy atom. The number of piperazine rings is 1.